The van der Waals surface area contributed by atoms with E-state index in [-0.39, 0.29) is 0 Å². The van der Waals surface area contributed by atoms with Crippen molar-refractivity contribution in [1.29, 1.82) is 0 Å². The van der Waals surface area contributed by atoms with E-state index in [0.29, 0.717) is 24.9 Å². The van der Waals surface area contributed by atoms with Gasteiger partial charge in [0.05, 0.1) is 0 Å². The van der Waals surface area contributed by atoms with Gasteiger partial charge in [-0.2, -0.15) is 11.0 Å². The fraction of sp³-hybridized carbons (Fsp3) is 1.00. The Morgan fingerprint density at radius 3 is 1.60 bits per heavy atom. The SMILES string of the molecule is CC(C)CNOP(C)(=O)ONCC(C)C. The van der Waals surface area contributed by atoms with Gasteiger partial charge in [-0.15, -0.1) is 0 Å². The Balaban J connectivity index is 3.63. The van der Waals surface area contributed by atoms with Crippen molar-refractivity contribution in [2.75, 3.05) is 19.8 Å². The maximum absolute atomic E-state index is 11.6. The van der Waals surface area contributed by atoms with Gasteiger partial charge in [0.2, 0.25) is 0 Å². The first-order chi connectivity index (χ1) is 6.83. The van der Waals surface area contributed by atoms with Gasteiger partial charge < -0.3 is 0 Å². The Kier molecular flexibility index (Phi) is 7.40. The first-order valence-corrected chi connectivity index (χ1v) is 7.23. The second kappa shape index (κ2) is 7.36. The summed E-state index contributed by atoms with van der Waals surface area (Å²) in [6.07, 6.45) is 0. The lowest BCUT2D eigenvalue weighted by molar-refractivity contribution is 0.0956. The van der Waals surface area contributed by atoms with Crippen LogP contribution in [0.2, 0.25) is 0 Å². The lowest BCUT2D eigenvalue weighted by Gasteiger charge is -2.16. The summed E-state index contributed by atoms with van der Waals surface area (Å²) in [5, 5.41) is 0. The molecule has 6 heteroatoms. The topological polar surface area (TPSA) is 59.6 Å². The van der Waals surface area contributed by atoms with E-state index in [2.05, 4.69) is 11.0 Å². The van der Waals surface area contributed by atoms with E-state index in [0.717, 1.165) is 0 Å². The van der Waals surface area contributed by atoms with Crippen LogP contribution in [0, 0.1) is 11.8 Å². The highest BCUT2D eigenvalue weighted by Gasteiger charge is 2.17. The number of hydrogen-bond acceptors (Lipinski definition) is 5. The van der Waals surface area contributed by atoms with Gasteiger partial charge in [-0.25, -0.2) is 9.25 Å². The van der Waals surface area contributed by atoms with Crippen molar-refractivity contribution < 1.29 is 13.8 Å². The molecule has 2 N–H and O–H groups in total. The molecule has 0 heterocycles. The third-order valence-corrected chi connectivity index (χ3v) is 2.37. The lowest BCUT2D eigenvalue weighted by Crippen LogP contribution is -2.23. The minimum atomic E-state index is -3.03. The molecule has 0 spiro atoms. The second-order valence-electron chi connectivity index (χ2n) is 4.44. The summed E-state index contributed by atoms with van der Waals surface area (Å²) in [5.41, 5.74) is 5.27. The van der Waals surface area contributed by atoms with Crippen LogP contribution in [0.25, 0.3) is 0 Å². The number of rotatable bonds is 8. The van der Waals surface area contributed by atoms with Crippen molar-refractivity contribution in [3.63, 3.8) is 0 Å². The average molecular weight is 238 g/mol. The van der Waals surface area contributed by atoms with Crippen LogP contribution in [0.15, 0.2) is 0 Å². The van der Waals surface area contributed by atoms with Crippen LogP contribution in [0.5, 0.6) is 0 Å². The van der Waals surface area contributed by atoms with Crippen molar-refractivity contribution in [3.05, 3.63) is 0 Å². The van der Waals surface area contributed by atoms with Crippen LogP contribution >= 0.6 is 7.60 Å². The molecule has 5 nitrogen and oxygen atoms in total. The van der Waals surface area contributed by atoms with Crippen molar-refractivity contribution in [2.24, 2.45) is 11.8 Å². The van der Waals surface area contributed by atoms with Gasteiger partial charge in [0.1, 0.15) is 0 Å². The molecule has 0 fully saturated rings. The minimum absolute atomic E-state index is 0.439. The van der Waals surface area contributed by atoms with Crippen molar-refractivity contribution >= 4 is 7.60 Å². The first kappa shape index (κ1) is 15.1. The van der Waals surface area contributed by atoms with Gasteiger partial charge in [0.25, 0.3) is 0 Å². The molecule has 0 amide bonds. The van der Waals surface area contributed by atoms with Gasteiger partial charge in [0.15, 0.2) is 0 Å². The van der Waals surface area contributed by atoms with E-state index in [4.69, 9.17) is 9.25 Å². The predicted octanol–water partition coefficient (Wildman–Crippen LogP) is 2.16. The predicted molar refractivity (Wildman–Crippen MR) is 61.4 cm³/mol. The summed E-state index contributed by atoms with van der Waals surface area (Å²) in [7, 11) is -3.03. The van der Waals surface area contributed by atoms with Crippen LogP contribution in [0.1, 0.15) is 27.7 Å². The van der Waals surface area contributed by atoms with Gasteiger partial charge in [-0.1, -0.05) is 27.7 Å². The van der Waals surface area contributed by atoms with Crippen molar-refractivity contribution in [1.82, 2.24) is 11.0 Å². The van der Waals surface area contributed by atoms with Gasteiger partial charge >= 0.3 is 7.60 Å². The van der Waals surface area contributed by atoms with Gasteiger partial charge in [0, 0.05) is 19.8 Å². The summed E-state index contributed by atoms with van der Waals surface area (Å²) >= 11 is 0. The Morgan fingerprint density at radius 2 is 1.33 bits per heavy atom. The van der Waals surface area contributed by atoms with E-state index < -0.39 is 7.60 Å². The van der Waals surface area contributed by atoms with Crippen LogP contribution in [0.4, 0.5) is 0 Å². The zero-order valence-electron chi connectivity index (χ0n) is 10.2. The molecule has 0 aliphatic rings. The quantitative estimate of drug-likeness (QED) is 0.501. The molecule has 0 aliphatic carbocycles. The minimum Gasteiger partial charge on any atom is -0.257 e. The van der Waals surface area contributed by atoms with Crippen LogP contribution < -0.4 is 11.0 Å². The molecule has 0 aromatic carbocycles. The Bertz CT molecular complexity index is 192. The molecule has 0 unspecified atom stereocenters. The molecule has 92 valence electrons. The zero-order chi connectivity index (χ0) is 11.9. The number of nitrogens with one attached hydrogen (secondary N) is 2. The third-order valence-electron chi connectivity index (χ3n) is 1.44. The van der Waals surface area contributed by atoms with E-state index in [1.54, 1.807) is 0 Å². The molecule has 0 bridgehead atoms. The number of hydroxylamine groups is 2. The fourth-order valence-electron chi connectivity index (χ4n) is 0.661. The Hall–Kier alpha value is 0.0700. The third kappa shape index (κ3) is 10.4. The fourth-order valence-corrected chi connectivity index (χ4v) is 1.32. The zero-order valence-corrected chi connectivity index (χ0v) is 11.1. The van der Waals surface area contributed by atoms with Crippen LogP contribution in [-0.2, 0) is 13.8 Å². The molecule has 0 aliphatic heterocycles. The molecular weight excluding hydrogens is 215 g/mol. The summed E-state index contributed by atoms with van der Waals surface area (Å²) in [5.74, 6) is 0.877. The highest BCUT2D eigenvalue weighted by atomic mass is 31.2. The Labute approximate surface area is 92.4 Å². The smallest absolute Gasteiger partial charge is 0.257 e. The molecule has 15 heavy (non-hydrogen) atoms. The molecule has 0 aromatic heterocycles. The van der Waals surface area contributed by atoms with E-state index in [1.165, 1.54) is 6.66 Å². The molecule has 0 aromatic rings. The molecule has 0 radical (unpaired) electrons. The maximum atomic E-state index is 11.6. The summed E-state index contributed by atoms with van der Waals surface area (Å²) in [6, 6.07) is 0. The molecule has 0 atom stereocenters. The summed E-state index contributed by atoms with van der Waals surface area (Å²) < 4.78 is 21.5. The summed E-state index contributed by atoms with van der Waals surface area (Å²) in [4.78, 5) is 0. The van der Waals surface area contributed by atoms with E-state index >= 15 is 0 Å². The van der Waals surface area contributed by atoms with Crippen LogP contribution in [-0.4, -0.2) is 19.8 Å². The lowest BCUT2D eigenvalue weighted by atomic mass is 10.2. The van der Waals surface area contributed by atoms with E-state index in [9.17, 15) is 4.57 Å². The maximum Gasteiger partial charge on any atom is 0.360 e. The molecular formula is C9H23N2O3P. The highest BCUT2D eigenvalue weighted by Crippen LogP contribution is 2.41. The van der Waals surface area contributed by atoms with Crippen LogP contribution in [0.3, 0.4) is 0 Å². The molecule has 0 rings (SSSR count). The van der Waals surface area contributed by atoms with Gasteiger partial charge in [-0.05, 0) is 11.8 Å². The Morgan fingerprint density at radius 1 is 1.00 bits per heavy atom. The summed E-state index contributed by atoms with van der Waals surface area (Å²) in [6.45, 7) is 10.9. The monoisotopic (exact) mass is 238 g/mol. The van der Waals surface area contributed by atoms with E-state index in [1.807, 2.05) is 27.7 Å². The van der Waals surface area contributed by atoms with Gasteiger partial charge in [-0.3, -0.25) is 4.57 Å². The highest BCUT2D eigenvalue weighted by molar-refractivity contribution is 7.52. The standard InChI is InChI=1S/C9H23N2O3P/c1-8(2)6-10-13-15(5,12)14-11-7-9(3)4/h8-11H,6-7H2,1-5H3. The number of hydrogen-bond donors (Lipinski definition) is 2. The molecule has 0 saturated carbocycles. The average Bonchev–Trinajstić information content (AvgIpc) is 2.01. The van der Waals surface area contributed by atoms with Crippen molar-refractivity contribution in [3.8, 4) is 0 Å². The molecule has 0 saturated heterocycles. The largest absolute Gasteiger partial charge is 0.360 e. The van der Waals surface area contributed by atoms with Crippen molar-refractivity contribution in [2.45, 2.75) is 27.7 Å². The normalized spacial score (nSPS) is 12.7. The first-order valence-electron chi connectivity index (χ1n) is 5.24. The second-order valence-corrected chi connectivity index (χ2v) is 6.35.